The van der Waals surface area contributed by atoms with Gasteiger partial charge in [0.15, 0.2) is 0 Å². The molecule has 2 fully saturated rings. The van der Waals surface area contributed by atoms with Gasteiger partial charge < -0.3 is 19.9 Å². The summed E-state index contributed by atoms with van der Waals surface area (Å²) in [5, 5.41) is 10.9. The minimum absolute atomic E-state index is 0.0844. The molecule has 0 radical (unpaired) electrons. The van der Waals surface area contributed by atoms with Crippen LogP contribution in [-0.2, 0) is 17.8 Å². The van der Waals surface area contributed by atoms with E-state index in [9.17, 15) is 13.6 Å². The fourth-order valence-corrected chi connectivity index (χ4v) is 4.81. The van der Waals surface area contributed by atoms with Gasteiger partial charge in [-0.3, -0.25) is 9.59 Å². The zero-order chi connectivity index (χ0) is 19.9. The standard InChI is InChI=1S/C19H21F2N3O.CH2O2/c20-19(21)7-8-22-10-18(19)11-23(12-18)17(25)16-13-4-1-2-5-14(13)24-9-3-6-15(16)24;2-1-3/h1-2,4-5,22H,3,6-12H2;1H,(H,2,3). The summed E-state index contributed by atoms with van der Waals surface area (Å²) in [5.41, 5.74) is 1.80. The number of hydrogen-bond acceptors (Lipinski definition) is 3. The molecule has 0 saturated carbocycles. The highest BCUT2D eigenvalue weighted by Crippen LogP contribution is 2.48. The van der Waals surface area contributed by atoms with Crippen molar-refractivity contribution in [3.8, 4) is 0 Å². The number of para-hydroxylation sites is 1. The summed E-state index contributed by atoms with van der Waals surface area (Å²) in [6.07, 6.45) is 1.78. The summed E-state index contributed by atoms with van der Waals surface area (Å²) in [6, 6.07) is 7.93. The maximum absolute atomic E-state index is 14.4. The first-order valence-electron chi connectivity index (χ1n) is 9.50. The number of nitrogens with one attached hydrogen (secondary N) is 1. The van der Waals surface area contributed by atoms with E-state index in [4.69, 9.17) is 9.90 Å². The van der Waals surface area contributed by atoms with Crippen LogP contribution in [-0.4, -0.2) is 59.1 Å². The third-order valence-electron chi connectivity index (χ3n) is 6.22. The Morgan fingerprint density at radius 3 is 2.68 bits per heavy atom. The monoisotopic (exact) mass is 391 g/mol. The van der Waals surface area contributed by atoms with E-state index in [0.717, 1.165) is 41.5 Å². The van der Waals surface area contributed by atoms with E-state index in [0.29, 0.717) is 13.1 Å². The summed E-state index contributed by atoms with van der Waals surface area (Å²) in [6.45, 7) is 1.60. The number of fused-ring (bicyclic) bond motifs is 3. The number of likely N-dealkylation sites (tertiary alicyclic amines) is 1. The van der Waals surface area contributed by atoms with Gasteiger partial charge in [0.25, 0.3) is 18.3 Å². The van der Waals surface area contributed by atoms with Gasteiger partial charge in [0.05, 0.1) is 11.0 Å². The Morgan fingerprint density at radius 1 is 1.25 bits per heavy atom. The Labute approximate surface area is 161 Å². The van der Waals surface area contributed by atoms with E-state index < -0.39 is 11.3 Å². The lowest BCUT2D eigenvalue weighted by Gasteiger charge is -2.55. The number of aryl methyl sites for hydroxylation is 1. The quantitative estimate of drug-likeness (QED) is 0.732. The molecule has 1 amide bonds. The van der Waals surface area contributed by atoms with Crippen LogP contribution in [0.1, 0.15) is 28.9 Å². The Bertz CT molecular complexity index is 919. The average Bonchev–Trinajstić information content (AvgIpc) is 3.20. The van der Waals surface area contributed by atoms with E-state index in [1.165, 1.54) is 0 Å². The first-order chi connectivity index (χ1) is 13.4. The second kappa shape index (κ2) is 6.84. The largest absolute Gasteiger partial charge is 0.483 e. The summed E-state index contributed by atoms with van der Waals surface area (Å²) >= 11 is 0. The molecular weight excluding hydrogens is 368 g/mol. The fourth-order valence-electron chi connectivity index (χ4n) is 4.81. The topological polar surface area (TPSA) is 74.6 Å². The number of nitrogens with zero attached hydrogens (tertiary/aromatic N) is 2. The van der Waals surface area contributed by atoms with Gasteiger partial charge in [0.2, 0.25) is 0 Å². The van der Waals surface area contributed by atoms with Crippen LogP contribution < -0.4 is 5.32 Å². The maximum Gasteiger partial charge on any atom is 0.290 e. The zero-order valence-electron chi connectivity index (χ0n) is 15.5. The van der Waals surface area contributed by atoms with Gasteiger partial charge in [-0.05, 0) is 18.9 Å². The van der Waals surface area contributed by atoms with Crippen LogP contribution in [0.2, 0.25) is 0 Å². The molecule has 0 aliphatic carbocycles. The number of alkyl halides is 2. The van der Waals surface area contributed by atoms with Crippen LogP contribution in [0.15, 0.2) is 24.3 Å². The molecule has 6 nitrogen and oxygen atoms in total. The molecule has 28 heavy (non-hydrogen) atoms. The number of hydrogen-bond donors (Lipinski definition) is 2. The molecule has 0 bridgehead atoms. The molecular formula is C20H23F2N3O3. The third kappa shape index (κ3) is 2.70. The molecule has 0 unspecified atom stereocenters. The van der Waals surface area contributed by atoms with Crippen molar-refractivity contribution >= 4 is 23.3 Å². The lowest BCUT2D eigenvalue weighted by Crippen LogP contribution is -2.71. The summed E-state index contributed by atoms with van der Waals surface area (Å²) < 4.78 is 31.0. The van der Waals surface area contributed by atoms with Crippen molar-refractivity contribution in [1.82, 2.24) is 14.8 Å². The molecule has 8 heteroatoms. The van der Waals surface area contributed by atoms with Gasteiger partial charge in [-0.15, -0.1) is 0 Å². The number of carboxylic acid groups (broad SMARTS) is 1. The minimum Gasteiger partial charge on any atom is -0.483 e. The van der Waals surface area contributed by atoms with Crippen LogP contribution >= 0.6 is 0 Å². The van der Waals surface area contributed by atoms with Crippen LogP contribution in [0.4, 0.5) is 8.78 Å². The highest BCUT2D eigenvalue weighted by molar-refractivity contribution is 6.09. The molecule has 3 aliphatic heterocycles. The summed E-state index contributed by atoms with van der Waals surface area (Å²) in [4.78, 5) is 23.1. The van der Waals surface area contributed by atoms with Crippen LogP contribution in [0, 0.1) is 5.41 Å². The minimum atomic E-state index is -2.69. The second-order valence-corrected chi connectivity index (χ2v) is 7.77. The SMILES string of the molecule is O=C(c1c2n(c3ccccc13)CCC2)N1CC2(CNCCC2(F)F)C1.O=CO. The fraction of sp³-hybridized carbons (Fsp3) is 0.500. The zero-order valence-corrected chi connectivity index (χ0v) is 15.5. The highest BCUT2D eigenvalue weighted by atomic mass is 19.3. The lowest BCUT2D eigenvalue weighted by atomic mass is 9.70. The van der Waals surface area contributed by atoms with Crippen LogP contribution in [0.25, 0.3) is 10.9 Å². The van der Waals surface area contributed by atoms with Crippen LogP contribution in [0.5, 0.6) is 0 Å². The molecule has 1 spiro atoms. The lowest BCUT2D eigenvalue weighted by molar-refractivity contribution is -0.192. The van der Waals surface area contributed by atoms with Gasteiger partial charge >= 0.3 is 0 Å². The third-order valence-corrected chi connectivity index (χ3v) is 6.22. The maximum atomic E-state index is 14.4. The Kier molecular flexibility index (Phi) is 4.61. The Hall–Kier alpha value is -2.48. The number of piperidine rings is 1. The molecule has 2 N–H and O–H groups in total. The number of aromatic nitrogens is 1. The Balaban J connectivity index is 0.000000604. The summed E-state index contributed by atoms with van der Waals surface area (Å²) in [5.74, 6) is -2.78. The van der Waals surface area contributed by atoms with E-state index in [-0.39, 0.29) is 31.9 Å². The van der Waals surface area contributed by atoms with E-state index in [1.54, 1.807) is 4.90 Å². The molecule has 1 aromatic heterocycles. The number of rotatable bonds is 1. The molecule has 2 saturated heterocycles. The average molecular weight is 391 g/mol. The van der Waals surface area contributed by atoms with Gasteiger partial charge in [-0.25, -0.2) is 8.78 Å². The van der Waals surface area contributed by atoms with Gasteiger partial charge in [-0.1, -0.05) is 18.2 Å². The predicted molar refractivity (Wildman–Crippen MR) is 99.7 cm³/mol. The number of carbonyl (C=O) groups excluding carboxylic acids is 1. The van der Waals surface area contributed by atoms with Gasteiger partial charge in [-0.2, -0.15) is 0 Å². The normalized spacial score (nSPS) is 21.6. The number of amides is 1. The molecule has 3 aliphatic rings. The van der Waals surface area contributed by atoms with Gasteiger partial charge in [0.1, 0.15) is 0 Å². The molecule has 4 heterocycles. The van der Waals surface area contributed by atoms with Crippen molar-refractivity contribution in [1.29, 1.82) is 0 Å². The number of benzene rings is 1. The van der Waals surface area contributed by atoms with Crippen LogP contribution in [0.3, 0.4) is 0 Å². The van der Waals surface area contributed by atoms with Crippen molar-refractivity contribution in [3.05, 3.63) is 35.5 Å². The van der Waals surface area contributed by atoms with Gasteiger partial charge in [0, 0.05) is 55.7 Å². The van der Waals surface area contributed by atoms with Crippen molar-refractivity contribution in [2.24, 2.45) is 5.41 Å². The molecule has 0 atom stereocenters. The van der Waals surface area contributed by atoms with E-state index in [2.05, 4.69) is 9.88 Å². The van der Waals surface area contributed by atoms with E-state index in [1.807, 2.05) is 24.3 Å². The molecule has 150 valence electrons. The predicted octanol–water partition coefficient (Wildman–Crippen LogP) is 2.36. The molecule has 2 aromatic rings. The van der Waals surface area contributed by atoms with Crippen molar-refractivity contribution in [2.75, 3.05) is 26.2 Å². The summed E-state index contributed by atoms with van der Waals surface area (Å²) in [7, 11) is 0. The second-order valence-electron chi connectivity index (χ2n) is 7.77. The van der Waals surface area contributed by atoms with Crippen molar-refractivity contribution < 1.29 is 23.5 Å². The molecule has 5 rings (SSSR count). The number of halogens is 2. The number of carbonyl (C=O) groups is 2. The smallest absolute Gasteiger partial charge is 0.290 e. The van der Waals surface area contributed by atoms with Crippen molar-refractivity contribution in [2.45, 2.75) is 31.7 Å². The van der Waals surface area contributed by atoms with Crippen molar-refractivity contribution in [3.63, 3.8) is 0 Å². The Morgan fingerprint density at radius 2 is 1.96 bits per heavy atom. The first-order valence-corrected chi connectivity index (χ1v) is 9.50. The van der Waals surface area contributed by atoms with E-state index >= 15 is 0 Å². The highest BCUT2D eigenvalue weighted by Gasteiger charge is 2.62. The molecule has 1 aromatic carbocycles. The first kappa shape index (κ1) is 18.9.